The summed E-state index contributed by atoms with van der Waals surface area (Å²) in [6.07, 6.45) is 0.901. The molecule has 0 bridgehead atoms. The van der Waals surface area contributed by atoms with Crippen LogP contribution in [0.4, 0.5) is 5.69 Å². The zero-order valence-electron chi connectivity index (χ0n) is 12.1. The van der Waals surface area contributed by atoms with E-state index >= 15 is 0 Å². The van der Waals surface area contributed by atoms with E-state index in [-0.39, 0.29) is 5.91 Å². The summed E-state index contributed by atoms with van der Waals surface area (Å²) in [6, 6.07) is 15.2. The third-order valence-corrected chi connectivity index (χ3v) is 3.36. The zero-order valence-corrected chi connectivity index (χ0v) is 13.0. The highest BCUT2D eigenvalue weighted by Crippen LogP contribution is 2.18. The van der Waals surface area contributed by atoms with Crippen molar-refractivity contribution in [1.82, 2.24) is 5.32 Å². The van der Waals surface area contributed by atoms with Gasteiger partial charge in [-0.2, -0.15) is 0 Å². The maximum absolute atomic E-state index is 12.0. The number of carbonyl (C=O) groups excluding carboxylic acids is 1. The Bertz CT molecular complexity index is 653. The molecule has 0 heterocycles. The van der Waals surface area contributed by atoms with Crippen LogP contribution >= 0.6 is 12.2 Å². The molecule has 0 saturated carbocycles. The molecule has 0 aliphatic heterocycles. The van der Waals surface area contributed by atoms with Gasteiger partial charge in [0.25, 0.3) is 5.91 Å². The third-order valence-electron chi connectivity index (χ3n) is 3.16. The number of anilines is 1. The van der Waals surface area contributed by atoms with E-state index in [1.807, 2.05) is 31.2 Å². The molecule has 0 radical (unpaired) electrons. The fourth-order valence-electron chi connectivity index (χ4n) is 2.03. The van der Waals surface area contributed by atoms with Crippen LogP contribution in [0.3, 0.4) is 0 Å². The average Bonchev–Trinajstić information content (AvgIpc) is 2.48. The van der Waals surface area contributed by atoms with E-state index in [2.05, 4.69) is 29.7 Å². The molecule has 0 aromatic heterocycles. The molecule has 0 fully saturated rings. The molecule has 0 aliphatic rings. The molecule has 0 spiro atoms. The van der Waals surface area contributed by atoms with Crippen molar-refractivity contribution in [2.75, 3.05) is 5.32 Å². The molecule has 2 aromatic carbocycles. The van der Waals surface area contributed by atoms with Gasteiger partial charge in [0.15, 0.2) is 5.11 Å². The molecule has 21 heavy (non-hydrogen) atoms. The Morgan fingerprint density at radius 3 is 2.52 bits per heavy atom. The Kier molecular flexibility index (Phi) is 5.06. The molecule has 0 aliphatic carbocycles. The molecule has 1 amide bonds. The normalized spacial score (nSPS) is 10.0. The number of benzene rings is 2. The molecular formula is C17H18N2OS. The highest BCUT2D eigenvalue weighted by atomic mass is 32.1. The van der Waals surface area contributed by atoms with E-state index in [9.17, 15) is 4.79 Å². The molecule has 3 nitrogen and oxygen atoms in total. The van der Waals surface area contributed by atoms with E-state index in [0.717, 1.165) is 23.2 Å². The van der Waals surface area contributed by atoms with Crippen molar-refractivity contribution >= 4 is 28.9 Å². The van der Waals surface area contributed by atoms with Crippen LogP contribution in [0.1, 0.15) is 28.4 Å². The van der Waals surface area contributed by atoms with Crippen molar-refractivity contribution in [2.45, 2.75) is 20.3 Å². The van der Waals surface area contributed by atoms with Gasteiger partial charge in [0.05, 0.1) is 0 Å². The monoisotopic (exact) mass is 298 g/mol. The Hall–Kier alpha value is -2.20. The first-order valence-electron chi connectivity index (χ1n) is 6.87. The third kappa shape index (κ3) is 4.13. The standard InChI is InChI=1S/C17H18N2OS/c1-3-13-10-9-12(2)11-15(13)18-17(21)19-16(20)14-7-5-4-6-8-14/h4-11H,3H2,1-2H3,(H2,18,19,20,21). The molecule has 4 heteroatoms. The fourth-order valence-corrected chi connectivity index (χ4v) is 2.24. The first-order chi connectivity index (χ1) is 10.1. The van der Waals surface area contributed by atoms with Gasteiger partial charge in [-0.1, -0.05) is 37.3 Å². The number of hydrogen-bond acceptors (Lipinski definition) is 2. The first-order valence-corrected chi connectivity index (χ1v) is 7.28. The van der Waals surface area contributed by atoms with Crippen LogP contribution < -0.4 is 10.6 Å². The quantitative estimate of drug-likeness (QED) is 0.849. The maximum atomic E-state index is 12.0. The Balaban J connectivity index is 2.05. The van der Waals surface area contributed by atoms with E-state index in [1.165, 1.54) is 0 Å². The molecule has 0 unspecified atom stereocenters. The predicted molar refractivity (Wildman–Crippen MR) is 90.7 cm³/mol. The fraction of sp³-hybridized carbons (Fsp3) is 0.176. The van der Waals surface area contributed by atoms with Gasteiger partial charge in [-0.25, -0.2) is 0 Å². The van der Waals surface area contributed by atoms with Crippen LogP contribution in [0.15, 0.2) is 48.5 Å². The lowest BCUT2D eigenvalue weighted by Crippen LogP contribution is -2.34. The lowest BCUT2D eigenvalue weighted by Gasteiger charge is -2.13. The number of rotatable bonds is 3. The lowest BCUT2D eigenvalue weighted by molar-refractivity contribution is 0.0977. The zero-order chi connectivity index (χ0) is 15.2. The van der Waals surface area contributed by atoms with E-state index in [1.54, 1.807) is 12.1 Å². The van der Waals surface area contributed by atoms with Crippen LogP contribution in [-0.2, 0) is 6.42 Å². The number of nitrogens with one attached hydrogen (secondary N) is 2. The van der Waals surface area contributed by atoms with Crippen LogP contribution in [0, 0.1) is 6.92 Å². The minimum atomic E-state index is -0.209. The minimum Gasteiger partial charge on any atom is -0.332 e. The van der Waals surface area contributed by atoms with E-state index in [4.69, 9.17) is 12.2 Å². The van der Waals surface area contributed by atoms with Crippen molar-refractivity contribution in [3.8, 4) is 0 Å². The van der Waals surface area contributed by atoms with Gasteiger partial charge in [-0.15, -0.1) is 0 Å². The topological polar surface area (TPSA) is 41.1 Å². The molecule has 0 saturated heterocycles. The summed E-state index contributed by atoms with van der Waals surface area (Å²) in [5, 5.41) is 6.11. The number of aryl methyl sites for hydroxylation is 2. The predicted octanol–water partition coefficient (Wildman–Crippen LogP) is 3.68. The molecule has 0 atom stereocenters. The number of thiocarbonyl (C=S) groups is 1. The van der Waals surface area contributed by atoms with Crippen molar-refractivity contribution in [2.24, 2.45) is 0 Å². The van der Waals surface area contributed by atoms with E-state index < -0.39 is 0 Å². The van der Waals surface area contributed by atoms with Crippen molar-refractivity contribution in [3.05, 3.63) is 65.2 Å². The smallest absolute Gasteiger partial charge is 0.257 e. The maximum Gasteiger partial charge on any atom is 0.257 e. The molecule has 108 valence electrons. The van der Waals surface area contributed by atoms with Gasteiger partial charge in [0.1, 0.15) is 0 Å². The number of hydrogen-bond donors (Lipinski definition) is 2. The van der Waals surface area contributed by atoms with Crippen LogP contribution in [0.25, 0.3) is 0 Å². The second-order valence-corrected chi connectivity index (χ2v) is 5.20. The van der Waals surface area contributed by atoms with E-state index in [0.29, 0.717) is 10.7 Å². The summed E-state index contributed by atoms with van der Waals surface area (Å²) in [7, 11) is 0. The second kappa shape index (κ2) is 6.99. The molecular weight excluding hydrogens is 280 g/mol. The highest BCUT2D eigenvalue weighted by Gasteiger charge is 2.08. The molecule has 2 aromatic rings. The second-order valence-electron chi connectivity index (χ2n) is 4.79. The summed E-state index contributed by atoms with van der Waals surface area (Å²) in [5.41, 5.74) is 3.83. The minimum absolute atomic E-state index is 0.209. The van der Waals surface area contributed by atoms with Gasteiger partial charge in [0, 0.05) is 11.3 Å². The Labute approximate surface area is 130 Å². The van der Waals surface area contributed by atoms with Crippen molar-refractivity contribution < 1.29 is 4.79 Å². The average molecular weight is 298 g/mol. The number of amides is 1. The van der Waals surface area contributed by atoms with Crippen LogP contribution in [0.5, 0.6) is 0 Å². The largest absolute Gasteiger partial charge is 0.332 e. The lowest BCUT2D eigenvalue weighted by atomic mass is 10.1. The van der Waals surface area contributed by atoms with Crippen molar-refractivity contribution in [1.29, 1.82) is 0 Å². The van der Waals surface area contributed by atoms with Gasteiger partial charge in [-0.3, -0.25) is 10.1 Å². The van der Waals surface area contributed by atoms with Gasteiger partial charge >= 0.3 is 0 Å². The molecule has 2 N–H and O–H groups in total. The summed E-state index contributed by atoms with van der Waals surface area (Å²) < 4.78 is 0. The summed E-state index contributed by atoms with van der Waals surface area (Å²) in [4.78, 5) is 12.0. The van der Waals surface area contributed by atoms with Crippen molar-refractivity contribution in [3.63, 3.8) is 0 Å². The van der Waals surface area contributed by atoms with Crippen LogP contribution in [0.2, 0.25) is 0 Å². The first kappa shape index (κ1) is 15.2. The summed E-state index contributed by atoms with van der Waals surface area (Å²) in [6.45, 7) is 4.11. The SMILES string of the molecule is CCc1ccc(C)cc1NC(=S)NC(=O)c1ccccc1. The van der Waals surface area contributed by atoms with Crippen LogP contribution in [-0.4, -0.2) is 11.0 Å². The highest BCUT2D eigenvalue weighted by molar-refractivity contribution is 7.80. The number of carbonyl (C=O) groups is 1. The van der Waals surface area contributed by atoms with Gasteiger partial charge < -0.3 is 5.32 Å². The Morgan fingerprint density at radius 1 is 1.14 bits per heavy atom. The summed E-state index contributed by atoms with van der Waals surface area (Å²) in [5.74, 6) is -0.209. The van der Waals surface area contributed by atoms with Gasteiger partial charge in [-0.05, 0) is 54.9 Å². The molecule has 2 rings (SSSR count). The Morgan fingerprint density at radius 2 is 1.86 bits per heavy atom. The summed E-state index contributed by atoms with van der Waals surface area (Å²) >= 11 is 5.22. The van der Waals surface area contributed by atoms with Gasteiger partial charge in [0.2, 0.25) is 0 Å².